The molecule has 1 heterocycles. The molecule has 1 saturated carbocycles. The van der Waals surface area contributed by atoms with E-state index in [0.29, 0.717) is 6.54 Å². The van der Waals surface area contributed by atoms with Gasteiger partial charge in [-0.2, -0.15) is 0 Å². The average molecular weight is 234 g/mol. The van der Waals surface area contributed by atoms with E-state index in [-0.39, 0.29) is 11.3 Å². The molecule has 0 aliphatic heterocycles. The third kappa shape index (κ3) is 3.03. The van der Waals surface area contributed by atoms with Gasteiger partial charge in [0.1, 0.15) is 5.69 Å². The maximum Gasteiger partial charge on any atom is 0.338 e. The molecule has 0 bridgehead atoms. The Balaban J connectivity index is 1.99. The molecular weight excluding hydrogens is 220 g/mol. The van der Waals surface area contributed by atoms with Crippen molar-refractivity contribution in [3.63, 3.8) is 0 Å². The van der Waals surface area contributed by atoms with Crippen LogP contribution in [0.1, 0.15) is 40.1 Å². The molecule has 90 valence electrons. The Morgan fingerprint density at radius 1 is 1.47 bits per heavy atom. The molecule has 0 radical (unpaired) electrons. The van der Waals surface area contributed by atoms with Gasteiger partial charge in [-0.05, 0) is 24.5 Å². The highest BCUT2D eigenvalue weighted by molar-refractivity contribution is 6.03. The first-order valence-electron chi connectivity index (χ1n) is 5.65. The summed E-state index contributed by atoms with van der Waals surface area (Å²) in [6.45, 7) is 0.582. The second-order valence-corrected chi connectivity index (χ2v) is 4.19. The molecule has 5 nitrogen and oxygen atoms in total. The van der Waals surface area contributed by atoms with Crippen LogP contribution in [-0.4, -0.2) is 28.5 Å². The summed E-state index contributed by atoms with van der Waals surface area (Å²) in [4.78, 5) is 26.5. The summed E-state index contributed by atoms with van der Waals surface area (Å²) in [6.07, 6.45) is 4.85. The van der Waals surface area contributed by atoms with Crippen LogP contribution in [0, 0.1) is 5.92 Å². The second kappa shape index (κ2) is 4.95. The largest absolute Gasteiger partial charge is 0.478 e. The third-order valence-corrected chi connectivity index (χ3v) is 2.79. The number of carbonyl (C=O) groups excluding carboxylic acids is 1. The molecule has 1 amide bonds. The summed E-state index contributed by atoms with van der Waals surface area (Å²) >= 11 is 0. The highest BCUT2D eigenvalue weighted by atomic mass is 16.4. The summed E-state index contributed by atoms with van der Waals surface area (Å²) in [5.74, 6) is -0.813. The van der Waals surface area contributed by atoms with E-state index >= 15 is 0 Å². The van der Waals surface area contributed by atoms with E-state index in [2.05, 4.69) is 10.3 Å². The molecule has 0 spiro atoms. The fourth-order valence-corrected chi connectivity index (χ4v) is 1.64. The molecule has 17 heavy (non-hydrogen) atoms. The zero-order valence-corrected chi connectivity index (χ0v) is 9.35. The molecule has 0 saturated heterocycles. The highest BCUT2D eigenvalue weighted by Crippen LogP contribution is 2.31. The molecule has 2 N–H and O–H groups in total. The van der Waals surface area contributed by atoms with Crippen LogP contribution in [0.2, 0.25) is 0 Å². The number of hydrogen-bond donors (Lipinski definition) is 2. The topological polar surface area (TPSA) is 79.3 Å². The first-order chi connectivity index (χ1) is 8.18. The molecule has 1 aromatic heterocycles. The van der Waals surface area contributed by atoms with Crippen LogP contribution < -0.4 is 5.32 Å². The van der Waals surface area contributed by atoms with Gasteiger partial charge in [0.15, 0.2) is 0 Å². The Labute approximate surface area is 98.9 Å². The first-order valence-corrected chi connectivity index (χ1v) is 5.65. The van der Waals surface area contributed by atoms with Crippen molar-refractivity contribution in [2.75, 3.05) is 6.54 Å². The van der Waals surface area contributed by atoms with Gasteiger partial charge in [0.2, 0.25) is 0 Å². The standard InChI is InChI=1S/C12H14N2O3/c15-11(14-7-5-8-3-4-8)10-9(12(16)17)2-1-6-13-10/h1-2,6,8H,3-5,7H2,(H,14,15)(H,16,17). The van der Waals surface area contributed by atoms with Gasteiger partial charge in [-0.15, -0.1) is 0 Å². The normalized spacial score (nSPS) is 14.4. The lowest BCUT2D eigenvalue weighted by atomic mass is 10.2. The van der Waals surface area contributed by atoms with Crippen molar-refractivity contribution in [1.29, 1.82) is 0 Å². The van der Waals surface area contributed by atoms with Gasteiger partial charge in [0.25, 0.3) is 5.91 Å². The summed E-state index contributed by atoms with van der Waals surface area (Å²) in [5.41, 5.74) is -0.0766. The molecule has 5 heteroatoms. The van der Waals surface area contributed by atoms with Gasteiger partial charge in [-0.25, -0.2) is 4.79 Å². The molecule has 0 atom stereocenters. The minimum Gasteiger partial charge on any atom is -0.478 e. The van der Waals surface area contributed by atoms with E-state index in [0.717, 1.165) is 12.3 Å². The predicted molar refractivity (Wildman–Crippen MR) is 60.9 cm³/mol. The molecule has 0 unspecified atom stereocenters. The number of pyridine rings is 1. The van der Waals surface area contributed by atoms with Crippen LogP contribution in [-0.2, 0) is 0 Å². The van der Waals surface area contributed by atoms with E-state index in [1.54, 1.807) is 0 Å². The zero-order valence-electron chi connectivity index (χ0n) is 9.35. The fraction of sp³-hybridized carbons (Fsp3) is 0.417. The van der Waals surface area contributed by atoms with Crippen molar-refractivity contribution in [2.24, 2.45) is 5.92 Å². The Hall–Kier alpha value is -1.91. The van der Waals surface area contributed by atoms with E-state index in [4.69, 9.17) is 5.11 Å². The van der Waals surface area contributed by atoms with Crippen LogP contribution >= 0.6 is 0 Å². The minimum atomic E-state index is -1.13. The van der Waals surface area contributed by atoms with Crippen LogP contribution in [0.4, 0.5) is 0 Å². The average Bonchev–Trinajstić information content (AvgIpc) is 3.13. The number of aromatic carboxylic acids is 1. The van der Waals surface area contributed by atoms with E-state index in [1.165, 1.54) is 31.2 Å². The van der Waals surface area contributed by atoms with Gasteiger partial charge in [-0.3, -0.25) is 9.78 Å². The monoisotopic (exact) mass is 234 g/mol. The molecule has 1 fully saturated rings. The first kappa shape index (κ1) is 11.6. The molecule has 2 rings (SSSR count). The van der Waals surface area contributed by atoms with Gasteiger partial charge >= 0.3 is 5.97 Å². The van der Waals surface area contributed by atoms with E-state index in [9.17, 15) is 9.59 Å². The van der Waals surface area contributed by atoms with Gasteiger partial charge in [-0.1, -0.05) is 12.8 Å². The lowest BCUT2D eigenvalue weighted by molar-refractivity contribution is 0.0690. The van der Waals surface area contributed by atoms with Crippen LogP contribution in [0.5, 0.6) is 0 Å². The third-order valence-electron chi connectivity index (χ3n) is 2.79. The number of carboxylic acids is 1. The van der Waals surface area contributed by atoms with Crippen LogP contribution in [0.25, 0.3) is 0 Å². The Kier molecular flexibility index (Phi) is 3.37. The molecule has 1 aromatic rings. The highest BCUT2D eigenvalue weighted by Gasteiger charge is 2.22. The van der Waals surface area contributed by atoms with Crippen molar-refractivity contribution in [2.45, 2.75) is 19.3 Å². The number of aromatic nitrogens is 1. The van der Waals surface area contributed by atoms with Crippen molar-refractivity contribution >= 4 is 11.9 Å². The van der Waals surface area contributed by atoms with Crippen LogP contribution in [0.3, 0.4) is 0 Å². The van der Waals surface area contributed by atoms with Crippen molar-refractivity contribution < 1.29 is 14.7 Å². The fourth-order valence-electron chi connectivity index (χ4n) is 1.64. The summed E-state index contributed by atoms with van der Waals surface area (Å²) in [6, 6.07) is 2.88. The van der Waals surface area contributed by atoms with Gasteiger partial charge < -0.3 is 10.4 Å². The summed E-state index contributed by atoms with van der Waals surface area (Å²) < 4.78 is 0. The Morgan fingerprint density at radius 2 is 2.24 bits per heavy atom. The molecule has 0 aromatic carbocycles. The number of nitrogens with zero attached hydrogens (tertiary/aromatic N) is 1. The maximum atomic E-state index is 11.7. The zero-order chi connectivity index (χ0) is 12.3. The van der Waals surface area contributed by atoms with Crippen molar-refractivity contribution in [1.82, 2.24) is 10.3 Å². The smallest absolute Gasteiger partial charge is 0.338 e. The lowest BCUT2D eigenvalue weighted by Crippen LogP contribution is -2.27. The number of hydrogen-bond acceptors (Lipinski definition) is 3. The summed E-state index contributed by atoms with van der Waals surface area (Å²) in [7, 11) is 0. The second-order valence-electron chi connectivity index (χ2n) is 4.19. The van der Waals surface area contributed by atoms with Crippen LogP contribution in [0.15, 0.2) is 18.3 Å². The minimum absolute atomic E-state index is 0.0178. The van der Waals surface area contributed by atoms with Crippen molar-refractivity contribution in [3.8, 4) is 0 Å². The van der Waals surface area contributed by atoms with Gasteiger partial charge in [0.05, 0.1) is 5.56 Å². The van der Waals surface area contributed by atoms with Gasteiger partial charge in [0, 0.05) is 12.7 Å². The SMILES string of the molecule is O=C(O)c1cccnc1C(=O)NCCC1CC1. The summed E-state index contributed by atoms with van der Waals surface area (Å²) in [5, 5.41) is 11.6. The number of carboxylic acid groups (broad SMARTS) is 1. The number of carbonyl (C=O) groups is 2. The molecular formula is C12H14N2O3. The van der Waals surface area contributed by atoms with E-state index < -0.39 is 11.9 Å². The Bertz CT molecular complexity index is 441. The Morgan fingerprint density at radius 3 is 2.88 bits per heavy atom. The molecule has 1 aliphatic carbocycles. The van der Waals surface area contributed by atoms with E-state index in [1.807, 2.05) is 0 Å². The predicted octanol–water partition coefficient (Wildman–Crippen LogP) is 1.31. The number of rotatable bonds is 5. The quantitative estimate of drug-likeness (QED) is 0.805. The number of nitrogens with one attached hydrogen (secondary N) is 1. The molecule has 1 aliphatic rings. The van der Waals surface area contributed by atoms with Crippen molar-refractivity contribution in [3.05, 3.63) is 29.6 Å². The number of amides is 1. The lowest BCUT2D eigenvalue weighted by Gasteiger charge is -2.06. The maximum absolute atomic E-state index is 11.7.